The van der Waals surface area contributed by atoms with Gasteiger partial charge in [0.2, 0.25) is 11.8 Å². The van der Waals surface area contributed by atoms with Gasteiger partial charge in [-0.05, 0) is 37.7 Å². The van der Waals surface area contributed by atoms with E-state index in [1.807, 2.05) is 18.2 Å². The second-order valence-electron chi connectivity index (χ2n) is 8.65. The molecule has 30 heavy (non-hydrogen) atoms. The zero-order valence-corrected chi connectivity index (χ0v) is 18.3. The Hall–Kier alpha value is -1.96. The van der Waals surface area contributed by atoms with Crippen molar-refractivity contribution in [3.05, 3.63) is 35.9 Å². The normalized spacial score (nSPS) is 26.7. The molecule has 1 aliphatic heterocycles. The Balaban J connectivity index is 1.67. The van der Waals surface area contributed by atoms with E-state index in [0.29, 0.717) is 19.6 Å². The van der Waals surface area contributed by atoms with Gasteiger partial charge in [-0.25, -0.2) is 0 Å². The summed E-state index contributed by atoms with van der Waals surface area (Å²) in [4.78, 5) is 29.5. The van der Waals surface area contributed by atoms with Gasteiger partial charge in [-0.15, -0.1) is 0 Å². The molecule has 2 fully saturated rings. The van der Waals surface area contributed by atoms with E-state index < -0.39 is 6.04 Å². The Morgan fingerprint density at radius 2 is 1.90 bits per heavy atom. The van der Waals surface area contributed by atoms with Crippen LogP contribution in [0.25, 0.3) is 0 Å². The van der Waals surface area contributed by atoms with E-state index in [1.54, 1.807) is 18.9 Å². The smallest absolute Gasteiger partial charge is 0.243 e. The molecule has 0 spiro atoms. The second kappa shape index (κ2) is 10.9. The van der Waals surface area contributed by atoms with Crippen LogP contribution in [0.4, 0.5) is 0 Å². The van der Waals surface area contributed by atoms with Crippen LogP contribution in [0.2, 0.25) is 0 Å². The maximum atomic E-state index is 13.1. The minimum atomic E-state index is -0.413. The molecule has 3 N–H and O–H groups in total. The molecular formula is C23H36N4O3. The fourth-order valence-corrected chi connectivity index (χ4v) is 4.65. The SMILES string of the molecule is COCCN(Cc1ccccc1)C1CC(C(=O)NC2CCC(N)CC2)N(C(C)=O)C1. The van der Waals surface area contributed by atoms with Crippen LogP contribution in [0.15, 0.2) is 30.3 Å². The molecule has 0 radical (unpaired) electrons. The number of nitrogens with two attached hydrogens (primary N) is 1. The molecule has 0 aromatic heterocycles. The molecule has 7 nitrogen and oxygen atoms in total. The molecule has 2 amide bonds. The standard InChI is InChI=1S/C23H36N4O3/c1-17(28)27-16-21(26(12-13-30-2)15-18-6-4-3-5-7-18)14-22(27)23(29)25-20-10-8-19(24)9-11-20/h3-7,19-22H,8-16,24H2,1-2H3,(H,25,29). The van der Waals surface area contributed by atoms with E-state index in [1.165, 1.54) is 5.56 Å². The summed E-state index contributed by atoms with van der Waals surface area (Å²) in [7, 11) is 1.70. The van der Waals surface area contributed by atoms with Gasteiger partial charge in [0.15, 0.2) is 0 Å². The number of nitrogens with one attached hydrogen (secondary N) is 1. The molecular weight excluding hydrogens is 380 g/mol. The maximum absolute atomic E-state index is 13.1. The van der Waals surface area contributed by atoms with Gasteiger partial charge in [-0.3, -0.25) is 14.5 Å². The number of likely N-dealkylation sites (tertiary alicyclic amines) is 1. The number of methoxy groups -OCH3 is 1. The number of amides is 2. The molecule has 166 valence electrons. The predicted octanol–water partition coefficient (Wildman–Crippen LogP) is 1.51. The van der Waals surface area contributed by atoms with Crippen molar-refractivity contribution < 1.29 is 14.3 Å². The van der Waals surface area contributed by atoms with Crippen LogP contribution in [-0.2, 0) is 20.9 Å². The highest BCUT2D eigenvalue weighted by Gasteiger charge is 2.41. The van der Waals surface area contributed by atoms with E-state index >= 15 is 0 Å². The third kappa shape index (κ3) is 6.03. The van der Waals surface area contributed by atoms with Gasteiger partial charge < -0.3 is 20.7 Å². The first-order valence-electron chi connectivity index (χ1n) is 11.1. The first-order valence-corrected chi connectivity index (χ1v) is 11.1. The summed E-state index contributed by atoms with van der Waals surface area (Å²) in [6, 6.07) is 10.4. The summed E-state index contributed by atoms with van der Waals surface area (Å²) in [6.07, 6.45) is 4.36. The highest BCUT2D eigenvalue weighted by Crippen LogP contribution is 2.25. The molecule has 1 saturated carbocycles. The first kappa shape index (κ1) is 22.7. The monoisotopic (exact) mass is 416 g/mol. The lowest BCUT2D eigenvalue weighted by Gasteiger charge is -2.29. The van der Waals surface area contributed by atoms with Crippen molar-refractivity contribution in [1.29, 1.82) is 0 Å². The molecule has 0 bridgehead atoms. The first-order chi connectivity index (χ1) is 14.5. The average molecular weight is 417 g/mol. The molecule has 2 atom stereocenters. The van der Waals surface area contributed by atoms with Crippen LogP contribution in [0.1, 0.15) is 44.6 Å². The van der Waals surface area contributed by atoms with Gasteiger partial charge in [0, 0.05) is 51.8 Å². The lowest BCUT2D eigenvalue weighted by molar-refractivity contribution is -0.137. The van der Waals surface area contributed by atoms with Crippen LogP contribution in [0.5, 0.6) is 0 Å². The van der Waals surface area contributed by atoms with Crippen molar-refractivity contribution in [2.45, 2.75) is 69.7 Å². The van der Waals surface area contributed by atoms with Crippen molar-refractivity contribution in [2.75, 3.05) is 26.8 Å². The van der Waals surface area contributed by atoms with Gasteiger partial charge in [0.05, 0.1) is 6.61 Å². The molecule has 1 saturated heterocycles. The number of ether oxygens (including phenoxy) is 1. The van der Waals surface area contributed by atoms with Crippen molar-refractivity contribution in [3.63, 3.8) is 0 Å². The van der Waals surface area contributed by atoms with Crippen molar-refractivity contribution in [2.24, 2.45) is 5.73 Å². The van der Waals surface area contributed by atoms with E-state index in [2.05, 4.69) is 22.3 Å². The Morgan fingerprint density at radius 1 is 1.20 bits per heavy atom. The third-order valence-electron chi connectivity index (χ3n) is 6.43. The fraction of sp³-hybridized carbons (Fsp3) is 0.652. The van der Waals surface area contributed by atoms with Crippen LogP contribution in [0.3, 0.4) is 0 Å². The molecule has 1 aromatic rings. The second-order valence-corrected chi connectivity index (χ2v) is 8.65. The van der Waals surface area contributed by atoms with Crippen LogP contribution in [-0.4, -0.2) is 72.6 Å². The van der Waals surface area contributed by atoms with E-state index in [0.717, 1.165) is 38.8 Å². The van der Waals surface area contributed by atoms with Gasteiger partial charge in [0.1, 0.15) is 6.04 Å². The minimum absolute atomic E-state index is 0.0282. The van der Waals surface area contributed by atoms with Crippen molar-refractivity contribution in [1.82, 2.24) is 15.1 Å². The summed E-state index contributed by atoms with van der Waals surface area (Å²) >= 11 is 0. The average Bonchev–Trinajstić information content (AvgIpc) is 3.19. The summed E-state index contributed by atoms with van der Waals surface area (Å²) in [6.45, 7) is 4.27. The number of nitrogens with zero attached hydrogens (tertiary/aromatic N) is 2. The van der Waals surface area contributed by atoms with Crippen molar-refractivity contribution in [3.8, 4) is 0 Å². The third-order valence-corrected chi connectivity index (χ3v) is 6.43. The largest absolute Gasteiger partial charge is 0.383 e. The summed E-state index contributed by atoms with van der Waals surface area (Å²) < 4.78 is 5.32. The van der Waals surface area contributed by atoms with Gasteiger partial charge >= 0.3 is 0 Å². The quantitative estimate of drug-likeness (QED) is 0.671. The molecule has 2 aliphatic rings. The number of carbonyl (C=O) groups is 2. The predicted molar refractivity (Wildman–Crippen MR) is 117 cm³/mol. The summed E-state index contributed by atoms with van der Waals surface area (Å²) in [5.41, 5.74) is 7.20. The van der Waals surface area contributed by atoms with Crippen LogP contribution in [0, 0.1) is 0 Å². The molecule has 1 aromatic carbocycles. The Bertz CT molecular complexity index is 691. The topological polar surface area (TPSA) is 87.9 Å². The Kier molecular flexibility index (Phi) is 8.24. The summed E-state index contributed by atoms with van der Waals surface area (Å²) in [5.74, 6) is -0.0747. The lowest BCUT2D eigenvalue weighted by atomic mass is 9.91. The molecule has 3 rings (SSSR count). The number of benzene rings is 1. The lowest BCUT2D eigenvalue weighted by Crippen LogP contribution is -2.49. The zero-order valence-electron chi connectivity index (χ0n) is 18.3. The van der Waals surface area contributed by atoms with Gasteiger partial charge in [-0.2, -0.15) is 0 Å². The van der Waals surface area contributed by atoms with Crippen molar-refractivity contribution >= 4 is 11.8 Å². The maximum Gasteiger partial charge on any atom is 0.243 e. The number of carbonyl (C=O) groups excluding carboxylic acids is 2. The summed E-state index contributed by atoms with van der Waals surface area (Å²) in [5, 5.41) is 3.19. The Morgan fingerprint density at radius 3 is 2.53 bits per heavy atom. The number of hydrogen-bond acceptors (Lipinski definition) is 5. The molecule has 2 unspecified atom stereocenters. The van der Waals surface area contributed by atoms with Gasteiger partial charge in [0.25, 0.3) is 0 Å². The highest BCUT2D eigenvalue weighted by atomic mass is 16.5. The number of rotatable bonds is 8. The Labute approximate surface area is 179 Å². The fourth-order valence-electron chi connectivity index (χ4n) is 4.65. The van der Waals surface area contributed by atoms with E-state index in [9.17, 15) is 9.59 Å². The highest BCUT2D eigenvalue weighted by molar-refractivity contribution is 5.87. The minimum Gasteiger partial charge on any atom is -0.383 e. The molecule has 7 heteroatoms. The molecule has 1 aliphatic carbocycles. The van der Waals surface area contributed by atoms with Gasteiger partial charge in [-0.1, -0.05) is 30.3 Å². The van der Waals surface area contributed by atoms with Crippen LogP contribution >= 0.6 is 0 Å². The van der Waals surface area contributed by atoms with Crippen LogP contribution < -0.4 is 11.1 Å². The van der Waals surface area contributed by atoms with E-state index in [4.69, 9.17) is 10.5 Å². The van der Waals surface area contributed by atoms with E-state index in [-0.39, 0.29) is 29.9 Å². The number of hydrogen-bond donors (Lipinski definition) is 2. The molecule has 1 heterocycles. The zero-order chi connectivity index (χ0) is 21.5.